The molecule has 3 heteroatoms. The second kappa shape index (κ2) is 5.34. The van der Waals surface area contributed by atoms with Crippen LogP contribution in [0.2, 0.25) is 0 Å². The van der Waals surface area contributed by atoms with Crippen molar-refractivity contribution < 1.29 is 14.6 Å². The molecule has 0 saturated heterocycles. The summed E-state index contributed by atoms with van der Waals surface area (Å²) in [6.45, 7) is 2.01. The van der Waals surface area contributed by atoms with E-state index in [1.54, 1.807) is 6.92 Å². The second-order valence-corrected chi connectivity index (χ2v) is 5.36. The summed E-state index contributed by atoms with van der Waals surface area (Å²) in [4.78, 5) is 12.3. The highest BCUT2D eigenvalue weighted by atomic mass is 16.5. The fourth-order valence-electron chi connectivity index (χ4n) is 3.17. The van der Waals surface area contributed by atoms with E-state index in [2.05, 4.69) is 0 Å². The maximum absolute atomic E-state index is 12.3. The Kier molecular flexibility index (Phi) is 3.52. The van der Waals surface area contributed by atoms with Gasteiger partial charge in [-0.2, -0.15) is 0 Å². The van der Waals surface area contributed by atoms with E-state index in [9.17, 15) is 9.90 Å². The van der Waals surface area contributed by atoms with E-state index < -0.39 is 11.6 Å². The number of rotatable bonds is 3. The minimum Gasteiger partial charge on any atom is -0.464 e. The van der Waals surface area contributed by atoms with E-state index in [0.717, 1.165) is 16.7 Å². The number of hydrogen-bond donors (Lipinski definition) is 1. The first-order valence-electron chi connectivity index (χ1n) is 7.19. The average molecular weight is 282 g/mol. The molecule has 0 aromatic heterocycles. The first-order chi connectivity index (χ1) is 10.2. The predicted molar refractivity (Wildman–Crippen MR) is 80.0 cm³/mol. The molecule has 0 fully saturated rings. The van der Waals surface area contributed by atoms with Crippen molar-refractivity contribution in [3.8, 4) is 0 Å². The molecule has 0 radical (unpaired) electrons. The van der Waals surface area contributed by atoms with Gasteiger partial charge < -0.3 is 9.84 Å². The minimum absolute atomic E-state index is 0.263. The molecule has 1 aliphatic rings. The summed E-state index contributed by atoms with van der Waals surface area (Å²) >= 11 is 0. The van der Waals surface area contributed by atoms with Gasteiger partial charge in [0.15, 0.2) is 5.60 Å². The molecule has 21 heavy (non-hydrogen) atoms. The zero-order valence-corrected chi connectivity index (χ0v) is 12.0. The molecule has 0 bridgehead atoms. The van der Waals surface area contributed by atoms with Gasteiger partial charge in [0, 0.05) is 12.3 Å². The SMILES string of the molecule is CCOC(=O)[C@]1(O)Cc2ccccc2C1c1ccccc1. The summed E-state index contributed by atoms with van der Waals surface area (Å²) < 4.78 is 5.12. The Balaban J connectivity index is 2.12. The summed E-state index contributed by atoms with van der Waals surface area (Å²) in [6.07, 6.45) is 0.293. The molecule has 2 atom stereocenters. The lowest BCUT2D eigenvalue weighted by atomic mass is 9.82. The molecule has 0 saturated carbocycles. The lowest BCUT2D eigenvalue weighted by Gasteiger charge is -2.28. The average Bonchev–Trinajstić information content (AvgIpc) is 2.81. The molecule has 2 aromatic carbocycles. The Hall–Kier alpha value is -2.13. The van der Waals surface area contributed by atoms with E-state index >= 15 is 0 Å². The molecule has 108 valence electrons. The van der Waals surface area contributed by atoms with Crippen molar-refractivity contribution in [3.63, 3.8) is 0 Å². The van der Waals surface area contributed by atoms with Crippen LogP contribution in [0.4, 0.5) is 0 Å². The Morgan fingerprint density at radius 1 is 1.19 bits per heavy atom. The third-order valence-corrected chi connectivity index (χ3v) is 4.07. The van der Waals surface area contributed by atoms with Crippen LogP contribution in [-0.2, 0) is 16.0 Å². The molecule has 0 spiro atoms. The van der Waals surface area contributed by atoms with Gasteiger partial charge in [-0.1, -0.05) is 54.6 Å². The van der Waals surface area contributed by atoms with Crippen molar-refractivity contribution in [1.29, 1.82) is 0 Å². The summed E-state index contributed by atoms with van der Waals surface area (Å²) in [6, 6.07) is 17.4. The van der Waals surface area contributed by atoms with Crippen LogP contribution in [0.5, 0.6) is 0 Å². The monoisotopic (exact) mass is 282 g/mol. The number of carbonyl (C=O) groups is 1. The van der Waals surface area contributed by atoms with E-state index in [1.165, 1.54) is 0 Å². The maximum Gasteiger partial charge on any atom is 0.339 e. The fraction of sp³-hybridized carbons (Fsp3) is 0.278. The molecular weight excluding hydrogens is 264 g/mol. The van der Waals surface area contributed by atoms with Gasteiger partial charge in [0.05, 0.1) is 6.61 Å². The zero-order valence-electron chi connectivity index (χ0n) is 12.0. The number of hydrogen-bond acceptors (Lipinski definition) is 3. The molecular formula is C18H18O3. The van der Waals surface area contributed by atoms with Crippen LogP contribution in [0.25, 0.3) is 0 Å². The lowest BCUT2D eigenvalue weighted by Crippen LogP contribution is -2.44. The van der Waals surface area contributed by atoms with Crippen LogP contribution in [0.3, 0.4) is 0 Å². The van der Waals surface area contributed by atoms with E-state index in [-0.39, 0.29) is 12.5 Å². The molecule has 1 unspecified atom stereocenters. The van der Waals surface area contributed by atoms with Gasteiger partial charge >= 0.3 is 5.97 Å². The highest BCUT2D eigenvalue weighted by molar-refractivity contribution is 5.84. The van der Waals surface area contributed by atoms with Crippen molar-refractivity contribution in [3.05, 3.63) is 71.3 Å². The van der Waals surface area contributed by atoms with E-state index in [4.69, 9.17) is 4.74 Å². The van der Waals surface area contributed by atoms with Crippen LogP contribution in [0, 0.1) is 0 Å². The van der Waals surface area contributed by atoms with Gasteiger partial charge in [-0.05, 0) is 23.6 Å². The number of aliphatic hydroxyl groups is 1. The second-order valence-electron chi connectivity index (χ2n) is 5.36. The summed E-state index contributed by atoms with van der Waals surface area (Å²) in [5.41, 5.74) is 1.40. The van der Waals surface area contributed by atoms with Gasteiger partial charge in [0.1, 0.15) is 0 Å². The number of ether oxygens (including phenoxy) is 1. The van der Waals surface area contributed by atoms with Crippen LogP contribution in [-0.4, -0.2) is 23.3 Å². The molecule has 0 aliphatic heterocycles. The minimum atomic E-state index is -1.53. The third-order valence-electron chi connectivity index (χ3n) is 4.07. The number of fused-ring (bicyclic) bond motifs is 1. The molecule has 0 heterocycles. The smallest absolute Gasteiger partial charge is 0.339 e. The molecule has 2 aromatic rings. The van der Waals surface area contributed by atoms with E-state index in [0.29, 0.717) is 6.42 Å². The topological polar surface area (TPSA) is 46.5 Å². The summed E-state index contributed by atoms with van der Waals surface area (Å²) in [7, 11) is 0. The Bertz CT molecular complexity index is 651. The number of benzene rings is 2. The van der Waals surface area contributed by atoms with Gasteiger partial charge in [0.25, 0.3) is 0 Å². The first-order valence-corrected chi connectivity index (χ1v) is 7.19. The molecule has 3 nitrogen and oxygen atoms in total. The van der Waals surface area contributed by atoms with Crippen molar-refractivity contribution in [2.24, 2.45) is 0 Å². The Labute approximate surface area is 124 Å². The van der Waals surface area contributed by atoms with Crippen molar-refractivity contribution in [2.75, 3.05) is 6.61 Å². The van der Waals surface area contributed by atoms with Crippen molar-refractivity contribution in [1.82, 2.24) is 0 Å². The maximum atomic E-state index is 12.3. The first kappa shape index (κ1) is 13.8. The normalized spacial score (nSPS) is 23.6. The molecule has 3 rings (SSSR count). The van der Waals surface area contributed by atoms with Crippen molar-refractivity contribution >= 4 is 5.97 Å². The quantitative estimate of drug-likeness (QED) is 0.880. The van der Waals surface area contributed by atoms with Crippen LogP contribution in [0.1, 0.15) is 29.5 Å². The highest BCUT2D eigenvalue weighted by Crippen LogP contribution is 2.45. The van der Waals surface area contributed by atoms with Gasteiger partial charge in [-0.15, -0.1) is 0 Å². The molecule has 1 N–H and O–H groups in total. The summed E-state index contributed by atoms with van der Waals surface area (Å²) in [5.74, 6) is -0.927. The Morgan fingerprint density at radius 2 is 1.86 bits per heavy atom. The van der Waals surface area contributed by atoms with Gasteiger partial charge in [0.2, 0.25) is 0 Å². The standard InChI is InChI=1S/C18H18O3/c1-2-21-17(19)18(20)12-14-10-6-7-11-15(14)16(18)13-8-4-3-5-9-13/h3-11,16,20H,2,12H2,1H3/t16?,18-/m0/s1. The predicted octanol–water partition coefficient (Wildman–Crippen LogP) is 2.67. The summed E-state index contributed by atoms with van der Waals surface area (Å²) in [5, 5.41) is 11.1. The molecule has 1 aliphatic carbocycles. The number of carbonyl (C=O) groups excluding carboxylic acids is 1. The third kappa shape index (κ3) is 2.24. The van der Waals surface area contributed by atoms with Crippen LogP contribution >= 0.6 is 0 Å². The largest absolute Gasteiger partial charge is 0.464 e. The van der Waals surface area contributed by atoms with Crippen LogP contribution < -0.4 is 0 Å². The number of esters is 1. The van der Waals surface area contributed by atoms with Gasteiger partial charge in [-0.25, -0.2) is 4.79 Å². The van der Waals surface area contributed by atoms with E-state index in [1.807, 2.05) is 54.6 Å². The van der Waals surface area contributed by atoms with Crippen molar-refractivity contribution in [2.45, 2.75) is 24.9 Å². The zero-order chi connectivity index (χ0) is 14.9. The lowest BCUT2D eigenvalue weighted by molar-refractivity contribution is -0.165. The fourth-order valence-corrected chi connectivity index (χ4v) is 3.17. The molecule has 0 amide bonds. The highest BCUT2D eigenvalue weighted by Gasteiger charge is 2.52. The van der Waals surface area contributed by atoms with Crippen LogP contribution in [0.15, 0.2) is 54.6 Å². The van der Waals surface area contributed by atoms with Gasteiger partial charge in [-0.3, -0.25) is 0 Å². The Morgan fingerprint density at radius 3 is 2.57 bits per heavy atom.